The first kappa shape index (κ1) is 22.0. The van der Waals surface area contributed by atoms with Gasteiger partial charge in [0.2, 0.25) is 5.95 Å². The van der Waals surface area contributed by atoms with Gasteiger partial charge in [-0.1, -0.05) is 20.8 Å². The van der Waals surface area contributed by atoms with Crippen LogP contribution >= 0.6 is 0 Å². The van der Waals surface area contributed by atoms with E-state index in [0.717, 1.165) is 0 Å². The van der Waals surface area contributed by atoms with Crippen molar-refractivity contribution >= 4 is 32.5 Å². The van der Waals surface area contributed by atoms with Crippen molar-refractivity contribution in [2.45, 2.75) is 76.5 Å². The molecule has 0 spiro atoms. The molecule has 1 fully saturated rings. The topological polar surface area (TPSA) is 149 Å². The Morgan fingerprint density at radius 1 is 1.45 bits per heavy atom. The summed E-state index contributed by atoms with van der Waals surface area (Å²) in [5, 5.41) is 18.6. The molecule has 1 saturated heterocycles. The Morgan fingerprint density at radius 2 is 2.14 bits per heavy atom. The summed E-state index contributed by atoms with van der Waals surface area (Å²) in [5.74, 6) is 0.0104. The van der Waals surface area contributed by atoms with Crippen molar-refractivity contribution in [2.75, 3.05) is 5.73 Å². The molecule has 1 aliphatic heterocycles. The molecule has 3 atom stereocenters. The molecule has 1 aliphatic rings. The predicted octanol–water partition coefficient (Wildman–Crippen LogP) is 1.24. The molecule has 12 heteroatoms. The normalized spacial score (nSPS) is 23.1. The highest BCUT2D eigenvalue weighted by molar-refractivity contribution is 6.74. The maximum Gasteiger partial charge on any atom is 0.451 e. The summed E-state index contributed by atoms with van der Waals surface area (Å²) in [6.45, 7) is 10.9. The number of rotatable bonds is 6. The Balaban J connectivity index is 1.89. The highest BCUT2D eigenvalue weighted by Gasteiger charge is 2.45. The van der Waals surface area contributed by atoms with Crippen LogP contribution in [0.3, 0.4) is 0 Å². The number of hydrogen-bond acceptors (Lipinski definition) is 8. The molecule has 29 heavy (non-hydrogen) atoms. The third-order valence-electron chi connectivity index (χ3n) is 5.90. The molecule has 0 aliphatic carbocycles. The van der Waals surface area contributed by atoms with Gasteiger partial charge in [-0.15, -0.1) is 0 Å². The molecule has 0 unspecified atom stereocenters. The Bertz CT molecular complexity index is 925. The van der Waals surface area contributed by atoms with E-state index in [0.29, 0.717) is 18.5 Å². The van der Waals surface area contributed by atoms with Crippen LogP contribution in [-0.4, -0.2) is 57.2 Å². The lowest BCUT2D eigenvalue weighted by Gasteiger charge is -2.39. The summed E-state index contributed by atoms with van der Waals surface area (Å²) in [6.07, 6.45) is 1.72. The van der Waals surface area contributed by atoms with Crippen molar-refractivity contribution in [3.63, 3.8) is 0 Å². The van der Waals surface area contributed by atoms with Gasteiger partial charge in [0.25, 0.3) is 5.56 Å². The number of fused-ring (bicyclic) bond motifs is 1. The van der Waals surface area contributed by atoms with Gasteiger partial charge in [0.05, 0.1) is 18.5 Å². The van der Waals surface area contributed by atoms with Crippen LogP contribution in [0.1, 0.15) is 39.8 Å². The van der Waals surface area contributed by atoms with Crippen molar-refractivity contribution in [3.05, 3.63) is 16.7 Å². The highest BCUT2D eigenvalue weighted by Crippen LogP contribution is 2.42. The van der Waals surface area contributed by atoms with E-state index in [1.165, 1.54) is 6.33 Å². The summed E-state index contributed by atoms with van der Waals surface area (Å²) in [5.41, 5.74) is 5.84. The molecule has 0 bridgehead atoms. The quantitative estimate of drug-likeness (QED) is 0.507. The second kappa shape index (κ2) is 7.84. The van der Waals surface area contributed by atoms with E-state index in [4.69, 9.17) is 14.9 Å². The van der Waals surface area contributed by atoms with Crippen LogP contribution < -0.4 is 11.3 Å². The monoisotopic (exact) mass is 423 g/mol. The van der Waals surface area contributed by atoms with E-state index in [9.17, 15) is 14.8 Å². The molecule has 0 saturated carbocycles. The molecular formula is C17H30BN5O5Si. The number of anilines is 1. The number of aromatic amines is 1. The SMILES string of the molecule is CC(C)(C)[Si](C)(C)O[C@H]1C[C@H](n2cnc3c(=O)[nH]c(N)nc32)O[C@@H]1CCB(O)O. The average molecular weight is 423 g/mol. The molecule has 3 heterocycles. The van der Waals surface area contributed by atoms with E-state index < -0.39 is 27.2 Å². The number of nitrogens with two attached hydrogens (primary N) is 1. The largest absolute Gasteiger partial charge is 0.451 e. The zero-order valence-electron chi connectivity index (χ0n) is 17.5. The first-order valence-corrected chi connectivity index (χ1v) is 12.7. The summed E-state index contributed by atoms with van der Waals surface area (Å²) in [7, 11) is -3.48. The van der Waals surface area contributed by atoms with E-state index in [2.05, 4.69) is 48.8 Å². The number of nitrogens with zero attached hydrogens (tertiary/aromatic N) is 3. The van der Waals surface area contributed by atoms with Crippen LogP contribution in [0, 0.1) is 0 Å². The minimum atomic E-state index is -2.07. The summed E-state index contributed by atoms with van der Waals surface area (Å²) >= 11 is 0. The molecule has 2 aromatic heterocycles. The number of nitrogen functional groups attached to an aromatic ring is 1. The standard InChI is InChI=1S/C17H30BN5O5Si/c1-17(2,3)29(4,5)28-11-8-12(27-10(11)6-7-18(25)26)23-9-20-13-14(23)21-16(19)22-15(13)24/h9-12,25-26H,6-8H2,1-5H3,(H3,19,21,22,24)/t10-,11+,12-/m1/s1. The summed E-state index contributed by atoms with van der Waals surface area (Å²) in [6, 6.07) is 0. The van der Waals surface area contributed by atoms with Gasteiger partial charge in [-0.2, -0.15) is 4.98 Å². The van der Waals surface area contributed by atoms with Gasteiger partial charge >= 0.3 is 7.12 Å². The molecule has 3 rings (SSSR count). The molecule has 10 nitrogen and oxygen atoms in total. The molecule has 0 amide bonds. The fourth-order valence-corrected chi connectivity index (χ4v) is 4.63. The molecule has 2 aromatic rings. The predicted molar refractivity (Wildman–Crippen MR) is 113 cm³/mol. The maximum absolute atomic E-state index is 12.1. The number of hydrogen-bond donors (Lipinski definition) is 4. The minimum Gasteiger partial charge on any atom is -0.427 e. The van der Waals surface area contributed by atoms with Crippen LogP contribution in [0.2, 0.25) is 24.5 Å². The van der Waals surface area contributed by atoms with Gasteiger partial charge in [-0.3, -0.25) is 14.3 Å². The van der Waals surface area contributed by atoms with Crippen LogP contribution in [0.4, 0.5) is 5.95 Å². The third kappa shape index (κ3) is 4.56. The van der Waals surface area contributed by atoms with Gasteiger partial charge in [-0.25, -0.2) is 4.98 Å². The van der Waals surface area contributed by atoms with Crippen molar-refractivity contribution in [3.8, 4) is 0 Å². The van der Waals surface area contributed by atoms with Crippen molar-refractivity contribution < 1.29 is 19.2 Å². The van der Waals surface area contributed by atoms with E-state index >= 15 is 0 Å². The van der Waals surface area contributed by atoms with Gasteiger partial charge in [0.15, 0.2) is 19.5 Å². The van der Waals surface area contributed by atoms with Gasteiger partial charge < -0.3 is 24.9 Å². The smallest absolute Gasteiger partial charge is 0.427 e. The molecule has 0 radical (unpaired) electrons. The first-order valence-electron chi connectivity index (χ1n) is 9.81. The van der Waals surface area contributed by atoms with Crippen molar-refractivity contribution in [2.24, 2.45) is 0 Å². The Kier molecular flexibility index (Phi) is 5.94. The van der Waals surface area contributed by atoms with Gasteiger partial charge in [0, 0.05) is 6.42 Å². The second-order valence-electron chi connectivity index (χ2n) is 9.11. The van der Waals surface area contributed by atoms with Crippen LogP contribution in [0.5, 0.6) is 0 Å². The molecule has 160 valence electrons. The number of nitrogens with one attached hydrogen (secondary N) is 1. The van der Waals surface area contributed by atoms with Crippen LogP contribution in [-0.2, 0) is 9.16 Å². The summed E-state index contributed by atoms with van der Waals surface area (Å²) in [4.78, 5) is 22.9. The molecular weight excluding hydrogens is 393 g/mol. The number of aromatic nitrogens is 4. The van der Waals surface area contributed by atoms with Gasteiger partial charge in [-0.05, 0) is 30.9 Å². The van der Waals surface area contributed by atoms with Crippen LogP contribution in [0.25, 0.3) is 11.2 Å². The molecule has 0 aromatic carbocycles. The lowest BCUT2D eigenvalue weighted by molar-refractivity contribution is -0.0168. The van der Waals surface area contributed by atoms with Crippen molar-refractivity contribution in [1.82, 2.24) is 19.5 Å². The third-order valence-corrected chi connectivity index (χ3v) is 10.4. The second-order valence-corrected chi connectivity index (χ2v) is 13.9. The Labute approximate surface area is 170 Å². The zero-order valence-corrected chi connectivity index (χ0v) is 18.5. The van der Waals surface area contributed by atoms with Crippen molar-refractivity contribution in [1.29, 1.82) is 0 Å². The summed E-state index contributed by atoms with van der Waals surface area (Å²) < 4.78 is 14.5. The Hall–Kier alpha value is -1.73. The fourth-order valence-electron chi connectivity index (χ4n) is 3.27. The van der Waals surface area contributed by atoms with E-state index in [-0.39, 0.29) is 35.0 Å². The Morgan fingerprint density at radius 3 is 2.76 bits per heavy atom. The number of ether oxygens (including phenoxy) is 1. The highest BCUT2D eigenvalue weighted by atomic mass is 28.4. The average Bonchev–Trinajstić information content (AvgIpc) is 3.15. The molecule has 5 N–H and O–H groups in total. The first-order chi connectivity index (χ1) is 13.4. The van der Waals surface area contributed by atoms with Gasteiger partial charge in [0.1, 0.15) is 6.23 Å². The van der Waals surface area contributed by atoms with E-state index in [1.807, 2.05) is 0 Å². The fraction of sp³-hybridized carbons (Fsp3) is 0.706. The maximum atomic E-state index is 12.1. The number of H-pyrrole nitrogens is 1. The minimum absolute atomic E-state index is 0.0104. The lowest BCUT2D eigenvalue weighted by Crippen LogP contribution is -2.46. The zero-order chi connectivity index (χ0) is 21.6. The van der Waals surface area contributed by atoms with E-state index in [1.54, 1.807) is 4.57 Å². The number of imidazole rings is 1. The lowest BCUT2D eigenvalue weighted by atomic mass is 9.82. The van der Waals surface area contributed by atoms with Crippen LogP contribution in [0.15, 0.2) is 11.1 Å².